The third kappa shape index (κ3) is 15.1. The first kappa shape index (κ1) is 33.5. The highest BCUT2D eigenvalue weighted by Crippen LogP contribution is 2.21. The minimum absolute atomic E-state index is 0. The molecule has 0 unspecified atom stereocenters. The summed E-state index contributed by atoms with van der Waals surface area (Å²) in [6.45, 7) is 4.27. The van der Waals surface area contributed by atoms with Crippen molar-refractivity contribution in [3.8, 4) is 17.6 Å². The predicted octanol–water partition coefficient (Wildman–Crippen LogP) is 8.06. The Morgan fingerprint density at radius 1 is 0.763 bits per heavy atom. The van der Waals surface area contributed by atoms with Gasteiger partial charge in [-0.1, -0.05) is 108 Å². The Bertz CT molecular complexity index is 937. The molecule has 210 valence electrons. The van der Waals surface area contributed by atoms with Gasteiger partial charge in [0.15, 0.2) is 0 Å². The van der Waals surface area contributed by atoms with Crippen molar-refractivity contribution in [3.63, 3.8) is 0 Å². The van der Waals surface area contributed by atoms with Gasteiger partial charge in [-0.25, -0.2) is 0 Å². The lowest BCUT2D eigenvalue weighted by molar-refractivity contribution is 0.0948. The van der Waals surface area contributed by atoms with Crippen LogP contribution in [0, 0.1) is 11.8 Å². The number of halogens is 1. The van der Waals surface area contributed by atoms with E-state index in [-0.39, 0.29) is 18.3 Å². The van der Waals surface area contributed by atoms with Crippen LogP contribution in [-0.4, -0.2) is 25.6 Å². The Hall–Kier alpha value is -2.48. The number of carbonyl (C=O) groups excluding carboxylic acids is 1. The second-order valence-corrected chi connectivity index (χ2v) is 9.82. The molecule has 0 saturated carbocycles. The number of nitrogens with two attached hydrogens (primary N) is 1. The molecule has 0 aliphatic carbocycles. The molecule has 0 bridgehead atoms. The van der Waals surface area contributed by atoms with Gasteiger partial charge in [0, 0.05) is 17.7 Å². The third-order valence-corrected chi connectivity index (χ3v) is 6.52. The zero-order valence-electron chi connectivity index (χ0n) is 23.4. The summed E-state index contributed by atoms with van der Waals surface area (Å²) in [6.07, 6.45) is 17.0. The number of rotatable bonds is 19. The van der Waals surface area contributed by atoms with Gasteiger partial charge in [0.05, 0.1) is 12.2 Å². The van der Waals surface area contributed by atoms with E-state index < -0.39 is 0 Å². The Labute approximate surface area is 237 Å². The van der Waals surface area contributed by atoms with Crippen molar-refractivity contribution >= 4 is 18.3 Å². The number of unbranched alkanes of at least 4 members (excludes halogenated alkanes) is 12. The van der Waals surface area contributed by atoms with Gasteiger partial charge >= 0.3 is 0 Å². The lowest BCUT2D eigenvalue weighted by atomic mass is 10.1. The van der Waals surface area contributed by atoms with Gasteiger partial charge in [-0.15, -0.1) is 12.4 Å². The number of hydrogen-bond donors (Lipinski definition) is 2. The molecule has 0 radical (unpaired) electrons. The number of nitrogens with one attached hydrogen (secondary N) is 1. The Balaban J connectivity index is 0.00000722. The van der Waals surface area contributed by atoms with E-state index >= 15 is 0 Å². The molecule has 0 saturated heterocycles. The average Bonchev–Trinajstić information content (AvgIpc) is 2.93. The smallest absolute Gasteiger partial charge is 0.255 e. The standard InChI is InChI=1S/C33H48N2O2.ClH/c1-2-3-4-5-6-7-8-9-12-18-27-37-32-24-23-30(22-21-29-19-14-13-15-20-29)28-31(32)33(36)35-26-17-11-10-16-25-34;/h13-15,19-20,23-24,28H,2-12,16-18,25-27,34H2,1H3,(H,35,36);1H. The Kier molecular flexibility index (Phi) is 19.9. The summed E-state index contributed by atoms with van der Waals surface area (Å²) >= 11 is 0. The second kappa shape index (κ2) is 22.5. The van der Waals surface area contributed by atoms with Crippen LogP contribution in [0.1, 0.15) is 118 Å². The monoisotopic (exact) mass is 540 g/mol. The predicted molar refractivity (Wildman–Crippen MR) is 163 cm³/mol. The molecule has 0 aliphatic heterocycles. The van der Waals surface area contributed by atoms with Gasteiger partial charge in [-0.2, -0.15) is 0 Å². The van der Waals surface area contributed by atoms with E-state index in [1.165, 1.54) is 57.8 Å². The zero-order valence-corrected chi connectivity index (χ0v) is 24.3. The molecular formula is C33H49ClN2O2. The van der Waals surface area contributed by atoms with Crippen molar-refractivity contribution < 1.29 is 9.53 Å². The molecule has 38 heavy (non-hydrogen) atoms. The lowest BCUT2D eigenvalue weighted by Crippen LogP contribution is -2.25. The van der Waals surface area contributed by atoms with E-state index in [1.54, 1.807) is 0 Å². The molecule has 4 nitrogen and oxygen atoms in total. The lowest BCUT2D eigenvalue weighted by Gasteiger charge is -2.13. The number of carbonyl (C=O) groups is 1. The van der Waals surface area contributed by atoms with Gasteiger partial charge in [0.2, 0.25) is 0 Å². The van der Waals surface area contributed by atoms with Crippen LogP contribution in [0.5, 0.6) is 5.75 Å². The van der Waals surface area contributed by atoms with Gasteiger partial charge in [-0.05, 0) is 56.1 Å². The molecule has 0 spiro atoms. The van der Waals surface area contributed by atoms with Crippen molar-refractivity contribution in [1.29, 1.82) is 0 Å². The highest BCUT2D eigenvalue weighted by Gasteiger charge is 2.13. The number of ether oxygens (including phenoxy) is 1. The van der Waals surface area contributed by atoms with Crippen LogP contribution >= 0.6 is 12.4 Å². The minimum atomic E-state index is -0.0970. The fraction of sp³-hybridized carbons (Fsp3) is 0.545. The summed E-state index contributed by atoms with van der Waals surface area (Å²) in [5, 5.41) is 3.06. The van der Waals surface area contributed by atoms with Crippen LogP contribution in [0.25, 0.3) is 0 Å². The van der Waals surface area contributed by atoms with Crippen molar-refractivity contribution in [2.24, 2.45) is 5.73 Å². The largest absolute Gasteiger partial charge is 0.493 e. The van der Waals surface area contributed by atoms with E-state index in [0.29, 0.717) is 24.5 Å². The molecule has 1 amide bonds. The summed E-state index contributed by atoms with van der Waals surface area (Å²) in [4.78, 5) is 13.0. The molecule has 0 atom stereocenters. The highest BCUT2D eigenvalue weighted by atomic mass is 35.5. The van der Waals surface area contributed by atoms with Crippen LogP contribution in [0.2, 0.25) is 0 Å². The van der Waals surface area contributed by atoms with Gasteiger partial charge in [0.25, 0.3) is 5.91 Å². The SMILES string of the molecule is CCCCCCCCCCCCOc1ccc(C#Cc2ccccc2)cc1C(=O)NCCCCCCN.Cl. The van der Waals surface area contributed by atoms with Crippen LogP contribution in [0.3, 0.4) is 0 Å². The summed E-state index contributed by atoms with van der Waals surface area (Å²) in [7, 11) is 0. The zero-order chi connectivity index (χ0) is 26.4. The van der Waals surface area contributed by atoms with E-state index in [1.807, 2.05) is 48.5 Å². The van der Waals surface area contributed by atoms with Crippen molar-refractivity contribution in [2.45, 2.75) is 96.8 Å². The van der Waals surface area contributed by atoms with Crippen LogP contribution in [0.15, 0.2) is 48.5 Å². The van der Waals surface area contributed by atoms with Crippen LogP contribution < -0.4 is 15.8 Å². The summed E-state index contributed by atoms with van der Waals surface area (Å²) in [5.41, 5.74) is 7.89. The van der Waals surface area contributed by atoms with E-state index in [0.717, 1.165) is 49.8 Å². The van der Waals surface area contributed by atoms with Gasteiger partial charge in [0.1, 0.15) is 5.75 Å². The molecule has 2 aromatic rings. The number of amides is 1. The molecule has 0 heterocycles. The molecule has 0 aromatic heterocycles. The van der Waals surface area contributed by atoms with Crippen LogP contribution in [-0.2, 0) is 0 Å². The van der Waals surface area contributed by atoms with Crippen molar-refractivity contribution in [1.82, 2.24) is 5.32 Å². The summed E-state index contributed by atoms with van der Waals surface area (Å²) in [5.74, 6) is 6.91. The maximum absolute atomic E-state index is 13.0. The average molecular weight is 541 g/mol. The summed E-state index contributed by atoms with van der Waals surface area (Å²) in [6, 6.07) is 15.6. The Morgan fingerprint density at radius 2 is 1.37 bits per heavy atom. The quantitative estimate of drug-likeness (QED) is 0.140. The van der Waals surface area contributed by atoms with E-state index in [9.17, 15) is 4.79 Å². The Morgan fingerprint density at radius 3 is 2.05 bits per heavy atom. The molecule has 3 N–H and O–H groups in total. The maximum Gasteiger partial charge on any atom is 0.255 e. The molecule has 0 fully saturated rings. The minimum Gasteiger partial charge on any atom is -0.493 e. The molecule has 5 heteroatoms. The normalized spacial score (nSPS) is 10.3. The van der Waals surface area contributed by atoms with Gasteiger partial charge < -0.3 is 15.8 Å². The fourth-order valence-electron chi connectivity index (χ4n) is 4.27. The van der Waals surface area contributed by atoms with E-state index in [2.05, 4.69) is 24.1 Å². The number of hydrogen-bond acceptors (Lipinski definition) is 3. The van der Waals surface area contributed by atoms with Crippen LogP contribution in [0.4, 0.5) is 0 Å². The first-order valence-electron chi connectivity index (χ1n) is 14.6. The molecule has 2 rings (SSSR count). The highest BCUT2D eigenvalue weighted by molar-refractivity contribution is 5.97. The molecule has 2 aromatic carbocycles. The summed E-state index contributed by atoms with van der Waals surface area (Å²) < 4.78 is 6.08. The second-order valence-electron chi connectivity index (χ2n) is 9.82. The molecular weight excluding hydrogens is 492 g/mol. The maximum atomic E-state index is 13.0. The van der Waals surface area contributed by atoms with Crippen molar-refractivity contribution in [3.05, 3.63) is 65.2 Å². The number of benzene rings is 2. The van der Waals surface area contributed by atoms with E-state index in [4.69, 9.17) is 10.5 Å². The molecule has 0 aliphatic rings. The van der Waals surface area contributed by atoms with Crippen molar-refractivity contribution in [2.75, 3.05) is 19.7 Å². The third-order valence-electron chi connectivity index (χ3n) is 6.52. The fourth-order valence-corrected chi connectivity index (χ4v) is 4.27. The topological polar surface area (TPSA) is 64.3 Å². The van der Waals surface area contributed by atoms with Gasteiger partial charge in [-0.3, -0.25) is 4.79 Å². The first-order chi connectivity index (χ1) is 18.2. The first-order valence-corrected chi connectivity index (χ1v) is 14.6.